The van der Waals surface area contributed by atoms with Gasteiger partial charge in [0.25, 0.3) is 5.91 Å². The minimum absolute atomic E-state index is 0.0124. The summed E-state index contributed by atoms with van der Waals surface area (Å²) in [5.74, 6) is 0.0129. The van der Waals surface area contributed by atoms with Crippen molar-refractivity contribution in [1.29, 1.82) is 0 Å². The first-order chi connectivity index (χ1) is 7.87. The molecule has 6 heteroatoms. The quantitative estimate of drug-likeness (QED) is 0.722. The molecule has 0 N–H and O–H groups in total. The van der Waals surface area contributed by atoms with Crippen molar-refractivity contribution in [2.24, 2.45) is 0 Å². The third kappa shape index (κ3) is 3.96. The summed E-state index contributed by atoms with van der Waals surface area (Å²) in [6.45, 7) is 3.98. The summed E-state index contributed by atoms with van der Waals surface area (Å²) in [6.07, 6.45) is 1.24. The molecule has 0 aliphatic carbocycles. The van der Waals surface area contributed by atoms with Gasteiger partial charge in [0.2, 0.25) is 0 Å². The van der Waals surface area contributed by atoms with Crippen molar-refractivity contribution in [3.05, 3.63) is 0 Å². The number of rotatable bonds is 5. The molecule has 1 fully saturated rings. The average Bonchev–Trinajstić information content (AvgIpc) is 2.80. The van der Waals surface area contributed by atoms with Gasteiger partial charge in [-0.25, -0.2) is 8.42 Å². The average molecular weight is 263 g/mol. The lowest BCUT2D eigenvalue weighted by atomic mass is 10.2. The highest BCUT2D eigenvalue weighted by Crippen LogP contribution is 2.15. The van der Waals surface area contributed by atoms with Gasteiger partial charge in [0.05, 0.1) is 5.75 Å². The molecular weight excluding hydrogens is 242 g/mol. The Morgan fingerprint density at radius 2 is 2.18 bits per heavy atom. The monoisotopic (exact) mass is 263 g/mol. The van der Waals surface area contributed by atoms with E-state index in [0.717, 1.165) is 12.8 Å². The molecule has 0 aromatic rings. The molecule has 0 bridgehead atoms. The smallest absolute Gasteiger partial charge is 0.251 e. The number of sulfone groups is 1. The van der Waals surface area contributed by atoms with Crippen LogP contribution in [0.15, 0.2) is 0 Å². The van der Waals surface area contributed by atoms with Crippen molar-refractivity contribution < 1.29 is 17.9 Å². The van der Waals surface area contributed by atoms with Crippen molar-refractivity contribution in [2.45, 2.75) is 38.8 Å². The minimum atomic E-state index is -3.06. The molecule has 1 aliphatic rings. The first-order valence-corrected chi connectivity index (χ1v) is 7.78. The minimum Gasteiger partial charge on any atom is -0.368 e. The third-order valence-corrected chi connectivity index (χ3v) is 5.02. The predicted molar refractivity (Wildman–Crippen MR) is 65.5 cm³/mol. The molecule has 0 unspecified atom stereocenters. The summed E-state index contributed by atoms with van der Waals surface area (Å²) in [5.41, 5.74) is 0. The van der Waals surface area contributed by atoms with Crippen LogP contribution in [0.2, 0.25) is 0 Å². The van der Waals surface area contributed by atoms with Crippen LogP contribution in [0.25, 0.3) is 0 Å². The Kier molecular flexibility index (Phi) is 4.94. The fourth-order valence-corrected chi connectivity index (χ4v) is 3.01. The van der Waals surface area contributed by atoms with Crippen LogP contribution in [0.5, 0.6) is 0 Å². The molecule has 0 saturated carbocycles. The summed E-state index contributed by atoms with van der Waals surface area (Å²) in [6, 6.07) is -0.309. The molecule has 17 heavy (non-hydrogen) atoms. The number of ether oxygens (including phenoxy) is 1. The molecule has 1 aliphatic heterocycles. The Hall–Kier alpha value is -0.620. The van der Waals surface area contributed by atoms with Crippen LogP contribution in [0, 0.1) is 0 Å². The molecule has 1 rings (SSSR count). The summed E-state index contributed by atoms with van der Waals surface area (Å²) in [5, 5.41) is 0. The van der Waals surface area contributed by atoms with E-state index in [1.807, 2.05) is 0 Å². The van der Waals surface area contributed by atoms with E-state index < -0.39 is 9.84 Å². The van der Waals surface area contributed by atoms with Gasteiger partial charge in [0.15, 0.2) is 9.84 Å². The van der Waals surface area contributed by atoms with E-state index in [2.05, 4.69) is 0 Å². The molecule has 2 atom stereocenters. The summed E-state index contributed by atoms with van der Waals surface area (Å²) < 4.78 is 28.3. The SMILES string of the molecule is CCS(=O)(=O)C[C@@H](C)N(C)C(=O)[C@H]1CCCO1. The summed E-state index contributed by atoms with van der Waals surface area (Å²) >= 11 is 0. The van der Waals surface area contributed by atoms with Gasteiger partial charge in [-0.1, -0.05) is 6.92 Å². The number of nitrogens with zero attached hydrogens (tertiary/aromatic N) is 1. The highest BCUT2D eigenvalue weighted by Gasteiger charge is 2.29. The molecule has 1 amide bonds. The van der Waals surface area contributed by atoms with E-state index in [4.69, 9.17) is 4.74 Å². The predicted octanol–water partition coefficient (Wildman–Crippen LogP) is 0.447. The van der Waals surface area contributed by atoms with E-state index in [1.54, 1.807) is 20.9 Å². The number of hydrogen-bond acceptors (Lipinski definition) is 4. The van der Waals surface area contributed by atoms with E-state index >= 15 is 0 Å². The molecule has 1 heterocycles. The second kappa shape index (κ2) is 5.82. The molecule has 0 spiro atoms. The fourth-order valence-electron chi connectivity index (χ4n) is 1.81. The maximum atomic E-state index is 12.0. The van der Waals surface area contributed by atoms with Gasteiger partial charge in [-0.05, 0) is 19.8 Å². The molecule has 1 saturated heterocycles. The zero-order valence-electron chi connectivity index (χ0n) is 10.7. The standard InChI is InChI=1S/C11H21NO4S/c1-4-17(14,15)8-9(2)12(3)11(13)10-6-5-7-16-10/h9-10H,4-8H2,1-3H3/t9-,10-/m1/s1. The highest BCUT2D eigenvalue weighted by molar-refractivity contribution is 7.91. The van der Waals surface area contributed by atoms with Crippen LogP contribution in [0.4, 0.5) is 0 Å². The van der Waals surface area contributed by atoms with Gasteiger partial charge >= 0.3 is 0 Å². The van der Waals surface area contributed by atoms with Gasteiger partial charge in [-0.15, -0.1) is 0 Å². The Balaban J connectivity index is 2.56. The van der Waals surface area contributed by atoms with Gasteiger partial charge in [-0.3, -0.25) is 4.79 Å². The van der Waals surface area contributed by atoms with Gasteiger partial charge in [0, 0.05) is 25.4 Å². The van der Waals surface area contributed by atoms with E-state index in [0.29, 0.717) is 6.61 Å². The lowest BCUT2D eigenvalue weighted by molar-refractivity contribution is -0.141. The van der Waals surface area contributed by atoms with Gasteiger partial charge in [-0.2, -0.15) is 0 Å². The number of hydrogen-bond donors (Lipinski definition) is 0. The Morgan fingerprint density at radius 3 is 2.65 bits per heavy atom. The lowest BCUT2D eigenvalue weighted by Gasteiger charge is -2.26. The second-order valence-electron chi connectivity index (χ2n) is 4.50. The fraction of sp³-hybridized carbons (Fsp3) is 0.909. The van der Waals surface area contributed by atoms with E-state index in [-0.39, 0.29) is 29.6 Å². The summed E-state index contributed by atoms with van der Waals surface area (Å²) in [4.78, 5) is 13.5. The van der Waals surface area contributed by atoms with Crippen molar-refractivity contribution in [3.63, 3.8) is 0 Å². The number of carbonyl (C=O) groups excluding carboxylic acids is 1. The Labute approximate surface area is 103 Å². The van der Waals surface area contributed by atoms with Crippen LogP contribution in [-0.2, 0) is 19.4 Å². The third-order valence-electron chi connectivity index (χ3n) is 3.15. The second-order valence-corrected chi connectivity index (χ2v) is 6.90. The number of likely N-dealkylation sites (N-methyl/N-ethyl adjacent to an activating group) is 1. The highest BCUT2D eigenvalue weighted by atomic mass is 32.2. The van der Waals surface area contributed by atoms with Crippen molar-refractivity contribution >= 4 is 15.7 Å². The normalized spacial score (nSPS) is 22.4. The van der Waals surface area contributed by atoms with Crippen LogP contribution in [0.1, 0.15) is 26.7 Å². The molecular formula is C11H21NO4S. The Morgan fingerprint density at radius 1 is 1.53 bits per heavy atom. The molecule has 0 aromatic carbocycles. The topological polar surface area (TPSA) is 63.7 Å². The lowest BCUT2D eigenvalue weighted by Crippen LogP contribution is -2.44. The molecule has 0 radical (unpaired) electrons. The van der Waals surface area contributed by atoms with E-state index in [9.17, 15) is 13.2 Å². The first-order valence-electron chi connectivity index (χ1n) is 5.96. The van der Waals surface area contributed by atoms with Crippen molar-refractivity contribution in [2.75, 3.05) is 25.2 Å². The van der Waals surface area contributed by atoms with Gasteiger partial charge < -0.3 is 9.64 Å². The zero-order chi connectivity index (χ0) is 13.1. The Bertz CT molecular complexity index is 360. The molecule has 0 aromatic heterocycles. The molecule has 5 nitrogen and oxygen atoms in total. The van der Waals surface area contributed by atoms with Crippen LogP contribution in [-0.4, -0.2) is 56.5 Å². The van der Waals surface area contributed by atoms with Crippen LogP contribution < -0.4 is 0 Å². The van der Waals surface area contributed by atoms with E-state index in [1.165, 1.54) is 4.90 Å². The summed E-state index contributed by atoms with van der Waals surface area (Å²) in [7, 11) is -1.42. The van der Waals surface area contributed by atoms with Crippen LogP contribution in [0.3, 0.4) is 0 Å². The van der Waals surface area contributed by atoms with Crippen molar-refractivity contribution in [3.8, 4) is 0 Å². The molecule has 100 valence electrons. The first kappa shape index (κ1) is 14.4. The maximum Gasteiger partial charge on any atom is 0.251 e. The zero-order valence-corrected chi connectivity index (χ0v) is 11.5. The number of carbonyl (C=O) groups is 1. The largest absolute Gasteiger partial charge is 0.368 e. The van der Waals surface area contributed by atoms with Crippen LogP contribution >= 0.6 is 0 Å². The maximum absolute atomic E-state index is 12.0. The number of amides is 1. The van der Waals surface area contributed by atoms with Gasteiger partial charge in [0.1, 0.15) is 6.10 Å². The van der Waals surface area contributed by atoms with Crippen molar-refractivity contribution in [1.82, 2.24) is 4.90 Å².